The molecule has 2 heterocycles. The lowest BCUT2D eigenvalue weighted by atomic mass is 9.79. The normalized spacial score (nSPS) is 18.4. The molecule has 6 rings (SSSR count). The Hall–Kier alpha value is -3.96. The van der Waals surface area contributed by atoms with E-state index in [9.17, 15) is 9.90 Å². The molecule has 1 N–H and O–H groups in total. The van der Waals surface area contributed by atoms with Crippen molar-refractivity contribution in [1.82, 2.24) is 4.57 Å². The van der Waals surface area contributed by atoms with Crippen LogP contribution in [0, 0.1) is 12.8 Å². The van der Waals surface area contributed by atoms with Crippen LogP contribution in [-0.2, 0) is 12.2 Å². The molecule has 1 unspecified atom stereocenters. The van der Waals surface area contributed by atoms with Gasteiger partial charge in [-0.3, -0.25) is 9.79 Å². The summed E-state index contributed by atoms with van der Waals surface area (Å²) in [6, 6.07) is 21.9. The van der Waals surface area contributed by atoms with Gasteiger partial charge in [0.2, 0.25) is 0 Å². The Morgan fingerprint density at radius 2 is 1.78 bits per heavy atom. The average molecular weight is 549 g/mol. The zero-order chi connectivity index (χ0) is 29.3. The van der Waals surface area contributed by atoms with Crippen molar-refractivity contribution < 1.29 is 9.84 Å². The minimum atomic E-state index is -1.44. The van der Waals surface area contributed by atoms with Crippen molar-refractivity contribution in [2.45, 2.75) is 72.6 Å². The molecule has 0 spiro atoms. The molecule has 4 aromatic rings. The molecule has 2 aliphatic rings. The van der Waals surface area contributed by atoms with Crippen molar-refractivity contribution in [3.8, 4) is 16.9 Å². The van der Waals surface area contributed by atoms with E-state index >= 15 is 0 Å². The van der Waals surface area contributed by atoms with Crippen molar-refractivity contribution in [2.75, 3.05) is 0 Å². The highest BCUT2D eigenvalue weighted by molar-refractivity contribution is 5.95. The zero-order valence-corrected chi connectivity index (χ0v) is 24.9. The molecule has 1 saturated carbocycles. The molecule has 1 aliphatic carbocycles. The molecule has 41 heavy (non-hydrogen) atoms. The van der Waals surface area contributed by atoms with Crippen LogP contribution >= 0.6 is 0 Å². The van der Waals surface area contributed by atoms with E-state index < -0.39 is 5.60 Å². The molecule has 3 aromatic carbocycles. The maximum Gasteiger partial charge on any atom is 0.251 e. The van der Waals surface area contributed by atoms with E-state index in [-0.39, 0.29) is 11.6 Å². The van der Waals surface area contributed by atoms with E-state index in [4.69, 9.17) is 4.74 Å². The number of pyridine rings is 1. The first-order valence-electron chi connectivity index (χ1n) is 14.7. The summed E-state index contributed by atoms with van der Waals surface area (Å²) in [7, 11) is 0. The summed E-state index contributed by atoms with van der Waals surface area (Å²) < 4.78 is 8.17. The Kier molecular flexibility index (Phi) is 8.01. The molecule has 5 heteroatoms. The molecule has 1 fully saturated rings. The van der Waals surface area contributed by atoms with Gasteiger partial charge in [0.1, 0.15) is 18.0 Å². The first kappa shape index (κ1) is 28.6. The number of rotatable bonds is 4. The fraction of sp³-hybridized carbons (Fsp3) is 0.333. The second kappa shape index (κ2) is 11.5. The Labute approximate surface area is 242 Å². The minimum absolute atomic E-state index is 0.0000255. The number of aryl methyl sites for hydroxylation is 1. The molecule has 1 aromatic heterocycles. The Morgan fingerprint density at radius 1 is 1.05 bits per heavy atom. The van der Waals surface area contributed by atoms with Gasteiger partial charge in [0, 0.05) is 29.9 Å². The largest absolute Gasteiger partial charge is 0.489 e. The summed E-state index contributed by atoms with van der Waals surface area (Å²) >= 11 is 0. The number of aliphatic hydroxyl groups is 1. The zero-order valence-electron chi connectivity index (χ0n) is 24.9. The number of aliphatic imine (C=N–C) groups is 1. The maximum absolute atomic E-state index is 13.4. The Morgan fingerprint density at radius 3 is 2.51 bits per heavy atom. The smallest absolute Gasteiger partial charge is 0.251 e. The van der Waals surface area contributed by atoms with Crippen LogP contribution in [0.15, 0.2) is 88.3 Å². The second-order valence-electron chi connectivity index (χ2n) is 11.3. The average Bonchev–Trinajstić information content (AvgIpc) is 3.81. The molecule has 0 amide bonds. The predicted molar refractivity (Wildman–Crippen MR) is 169 cm³/mol. The number of hydrogen-bond acceptors (Lipinski definition) is 4. The molecule has 1 aliphatic heterocycles. The monoisotopic (exact) mass is 548 g/mol. The fourth-order valence-electron chi connectivity index (χ4n) is 5.53. The van der Waals surface area contributed by atoms with E-state index in [0.29, 0.717) is 18.1 Å². The van der Waals surface area contributed by atoms with Crippen LogP contribution in [0.1, 0.15) is 75.8 Å². The SMILES string of the molecule is C/C(=C\N=CC(C)C)C1(O)c2ccc(C)c(c2)COc2cccc(c2)-c2cc(=O)n(C3CC3)c3ccc1cc23.CC. The van der Waals surface area contributed by atoms with Crippen LogP contribution in [0.3, 0.4) is 0 Å². The van der Waals surface area contributed by atoms with Crippen molar-refractivity contribution in [3.05, 3.63) is 111 Å². The van der Waals surface area contributed by atoms with E-state index in [2.05, 4.69) is 31.8 Å². The number of aromatic nitrogens is 1. The first-order valence-corrected chi connectivity index (χ1v) is 14.7. The summed E-state index contributed by atoms with van der Waals surface area (Å²) in [6.45, 7) is 12.5. The van der Waals surface area contributed by atoms with Crippen molar-refractivity contribution in [2.24, 2.45) is 10.9 Å². The number of fused-ring (bicyclic) bond motifs is 6. The molecular formula is C36H40N2O3. The van der Waals surface area contributed by atoms with Gasteiger partial charge in [0.25, 0.3) is 5.56 Å². The molecule has 5 nitrogen and oxygen atoms in total. The predicted octanol–water partition coefficient (Wildman–Crippen LogP) is 8.10. The third-order valence-corrected chi connectivity index (χ3v) is 7.91. The highest BCUT2D eigenvalue weighted by atomic mass is 16.5. The van der Waals surface area contributed by atoms with Crippen LogP contribution in [0.25, 0.3) is 22.0 Å². The summed E-state index contributed by atoms with van der Waals surface area (Å²) in [5.41, 5.74) is 5.48. The van der Waals surface area contributed by atoms with Gasteiger partial charge in [0.15, 0.2) is 0 Å². The number of ether oxygens (including phenoxy) is 1. The summed E-state index contributed by atoms with van der Waals surface area (Å²) in [4.78, 5) is 17.9. The van der Waals surface area contributed by atoms with Gasteiger partial charge >= 0.3 is 0 Å². The quantitative estimate of drug-likeness (QED) is 0.262. The Bertz CT molecular complexity index is 1710. The third-order valence-electron chi connectivity index (χ3n) is 7.91. The first-order chi connectivity index (χ1) is 19.8. The summed E-state index contributed by atoms with van der Waals surface area (Å²) in [5, 5.41) is 13.6. The van der Waals surface area contributed by atoms with Crippen molar-refractivity contribution in [1.29, 1.82) is 0 Å². The molecule has 6 bridgehead atoms. The third kappa shape index (κ3) is 5.39. The van der Waals surface area contributed by atoms with Gasteiger partial charge in [-0.15, -0.1) is 0 Å². The standard InChI is InChI=1S/C34H34N2O3.C2H6/c1-21(2)18-35-19-23(4)34(38)26-9-8-22(3)25(14-26)20-39-29-7-5-6-24(15-29)30-17-33(37)36(28-11-12-28)32-13-10-27(34)16-31(30)32;1-2/h5-10,13-19,21,28,38H,11-12,20H2,1-4H3;1-2H3/b23-19+,35-18?;. The topological polar surface area (TPSA) is 63.8 Å². The summed E-state index contributed by atoms with van der Waals surface area (Å²) in [5.74, 6) is 1.03. The van der Waals surface area contributed by atoms with Crippen LogP contribution in [0.4, 0.5) is 0 Å². The van der Waals surface area contributed by atoms with Crippen LogP contribution in [0.5, 0.6) is 5.75 Å². The van der Waals surface area contributed by atoms with Gasteiger partial charge in [-0.2, -0.15) is 0 Å². The molecule has 1 atom stereocenters. The van der Waals surface area contributed by atoms with Crippen molar-refractivity contribution >= 4 is 17.1 Å². The lowest BCUT2D eigenvalue weighted by Crippen LogP contribution is -2.29. The molecular weight excluding hydrogens is 508 g/mol. The van der Waals surface area contributed by atoms with E-state index in [0.717, 1.165) is 62.9 Å². The van der Waals surface area contributed by atoms with Gasteiger partial charge in [-0.1, -0.05) is 58.0 Å². The maximum atomic E-state index is 13.4. The van der Waals surface area contributed by atoms with Gasteiger partial charge < -0.3 is 14.4 Å². The molecule has 212 valence electrons. The van der Waals surface area contributed by atoms with E-state index in [1.54, 1.807) is 12.3 Å². The lowest BCUT2D eigenvalue weighted by molar-refractivity contribution is 0.120. The van der Waals surface area contributed by atoms with Crippen LogP contribution in [-0.4, -0.2) is 15.9 Å². The molecule has 0 radical (unpaired) electrons. The van der Waals surface area contributed by atoms with Gasteiger partial charge in [-0.05, 0) is 102 Å². The summed E-state index contributed by atoms with van der Waals surface area (Å²) in [6.07, 6.45) is 5.64. The van der Waals surface area contributed by atoms with E-state index in [1.165, 1.54) is 0 Å². The number of nitrogens with zero attached hydrogens (tertiary/aromatic N) is 2. The highest BCUT2D eigenvalue weighted by Gasteiger charge is 2.35. The number of benzene rings is 3. The number of hydrogen-bond donors (Lipinski definition) is 1. The Balaban J connectivity index is 0.00000165. The second-order valence-corrected chi connectivity index (χ2v) is 11.3. The van der Waals surface area contributed by atoms with Crippen LogP contribution in [0.2, 0.25) is 0 Å². The molecule has 0 saturated heterocycles. The van der Waals surface area contributed by atoms with Gasteiger partial charge in [0.05, 0.1) is 5.52 Å². The lowest BCUT2D eigenvalue weighted by Gasteiger charge is -2.31. The fourth-order valence-corrected chi connectivity index (χ4v) is 5.53. The van der Waals surface area contributed by atoms with E-state index in [1.807, 2.05) is 86.2 Å². The van der Waals surface area contributed by atoms with Gasteiger partial charge in [-0.25, -0.2) is 0 Å². The van der Waals surface area contributed by atoms with Crippen LogP contribution < -0.4 is 10.3 Å². The van der Waals surface area contributed by atoms with Crippen molar-refractivity contribution in [3.63, 3.8) is 0 Å². The minimum Gasteiger partial charge on any atom is -0.489 e. The highest BCUT2D eigenvalue weighted by Crippen LogP contribution is 2.43.